The van der Waals surface area contributed by atoms with E-state index in [4.69, 9.17) is 0 Å². The average Bonchev–Trinajstić information content (AvgIpc) is 3.33. The molecular formula is C18H24BrN5O2. The minimum Gasteiger partial charge on any atom is -0.465 e. The molecule has 2 N–H and O–H groups in total. The minimum atomic E-state index is -0.807. The molecule has 2 fully saturated rings. The topological polar surface area (TPSA) is 82.8 Å². The maximum Gasteiger partial charge on any atom is 0.407 e. The average molecular weight is 422 g/mol. The van der Waals surface area contributed by atoms with E-state index in [9.17, 15) is 9.90 Å². The number of amides is 1. The molecule has 0 aromatic carbocycles. The Kier molecular flexibility index (Phi) is 4.33. The maximum atomic E-state index is 12.0. The number of anilines is 1. The number of aromatic nitrogens is 3. The summed E-state index contributed by atoms with van der Waals surface area (Å²) in [7, 11) is 0. The van der Waals surface area contributed by atoms with Gasteiger partial charge in [0.15, 0.2) is 5.65 Å². The summed E-state index contributed by atoms with van der Waals surface area (Å²) in [6.45, 7) is 3.47. The molecule has 7 nitrogen and oxygen atoms in total. The lowest BCUT2D eigenvalue weighted by Gasteiger charge is -2.49. The molecule has 1 aliphatic heterocycles. The highest BCUT2D eigenvalue weighted by atomic mass is 79.9. The van der Waals surface area contributed by atoms with Crippen LogP contribution in [0.5, 0.6) is 0 Å². The molecule has 2 aromatic rings. The van der Waals surface area contributed by atoms with Crippen LogP contribution in [0.1, 0.15) is 45.4 Å². The molecule has 4 rings (SSSR count). The lowest BCUT2D eigenvalue weighted by atomic mass is 9.67. The molecule has 2 aliphatic rings. The van der Waals surface area contributed by atoms with Gasteiger partial charge in [-0.1, -0.05) is 19.8 Å². The second kappa shape index (κ2) is 6.40. The zero-order valence-corrected chi connectivity index (χ0v) is 16.5. The number of nitrogens with zero attached hydrogens (tertiary/aromatic N) is 4. The van der Waals surface area contributed by atoms with Gasteiger partial charge in [0.2, 0.25) is 0 Å². The van der Waals surface area contributed by atoms with Crippen LogP contribution in [-0.4, -0.2) is 49.3 Å². The standard InChI is InChI=1S/C18H24BrN5O2/c1-17(7-2-3-8-17)18(9-4-10-23(18)16(25)26)12-21-14-5-6-15-20-11-13(19)24(15)22-14/h5-6,11H,2-4,7-10,12H2,1H3,(H,21,22)(H,25,26). The summed E-state index contributed by atoms with van der Waals surface area (Å²) < 4.78 is 2.53. The predicted molar refractivity (Wildman–Crippen MR) is 102 cm³/mol. The van der Waals surface area contributed by atoms with Crippen molar-refractivity contribution in [3.63, 3.8) is 0 Å². The van der Waals surface area contributed by atoms with Crippen LogP contribution >= 0.6 is 15.9 Å². The Morgan fingerprint density at radius 1 is 1.31 bits per heavy atom. The van der Waals surface area contributed by atoms with E-state index in [2.05, 4.69) is 38.3 Å². The van der Waals surface area contributed by atoms with Gasteiger partial charge in [-0.3, -0.25) is 0 Å². The fourth-order valence-electron chi connectivity index (χ4n) is 4.98. The fourth-order valence-corrected chi connectivity index (χ4v) is 5.34. The Morgan fingerprint density at radius 2 is 2.08 bits per heavy atom. The Hall–Kier alpha value is -1.83. The van der Waals surface area contributed by atoms with Crippen LogP contribution < -0.4 is 5.32 Å². The van der Waals surface area contributed by atoms with Crippen LogP contribution in [0.15, 0.2) is 22.9 Å². The van der Waals surface area contributed by atoms with Crippen LogP contribution in [0.3, 0.4) is 0 Å². The third-order valence-corrected chi connectivity index (χ3v) is 6.97. The van der Waals surface area contributed by atoms with Gasteiger partial charge >= 0.3 is 6.09 Å². The lowest BCUT2D eigenvalue weighted by Crippen LogP contribution is -2.60. The van der Waals surface area contributed by atoms with E-state index in [0.29, 0.717) is 13.1 Å². The molecule has 0 radical (unpaired) electrons. The second-order valence-electron chi connectivity index (χ2n) is 7.76. The van der Waals surface area contributed by atoms with Gasteiger partial charge in [0.05, 0.1) is 11.7 Å². The maximum absolute atomic E-state index is 12.0. The number of carboxylic acid groups (broad SMARTS) is 1. The normalized spacial score (nSPS) is 25.1. The van der Waals surface area contributed by atoms with E-state index < -0.39 is 6.09 Å². The zero-order valence-electron chi connectivity index (χ0n) is 14.9. The largest absolute Gasteiger partial charge is 0.465 e. The first kappa shape index (κ1) is 17.6. The predicted octanol–water partition coefficient (Wildman–Crippen LogP) is 4.00. The third-order valence-electron chi connectivity index (χ3n) is 6.43. The van der Waals surface area contributed by atoms with Crippen molar-refractivity contribution in [1.29, 1.82) is 0 Å². The van der Waals surface area contributed by atoms with Crippen LogP contribution in [0, 0.1) is 5.41 Å². The van der Waals surface area contributed by atoms with Gasteiger partial charge in [-0.2, -0.15) is 0 Å². The molecular weight excluding hydrogens is 398 g/mol. The monoisotopic (exact) mass is 421 g/mol. The van der Waals surface area contributed by atoms with Gasteiger partial charge in [-0.05, 0) is 59.2 Å². The first-order valence-corrected chi connectivity index (χ1v) is 9.99. The molecule has 1 unspecified atom stereocenters. The van der Waals surface area contributed by atoms with Crippen molar-refractivity contribution in [2.45, 2.75) is 51.0 Å². The summed E-state index contributed by atoms with van der Waals surface area (Å²) in [6, 6.07) is 3.81. The number of fused-ring (bicyclic) bond motifs is 1. The Labute approximate surface area is 160 Å². The first-order chi connectivity index (χ1) is 12.5. The van der Waals surface area contributed by atoms with Crippen molar-refractivity contribution in [1.82, 2.24) is 19.5 Å². The van der Waals surface area contributed by atoms with Gasteiger partial charge in [0.25, 0.3) is 0 Å². The highest BCUT2D eigenvalue weighted by Crippen LogP contribution is 2.53. The molecule has 1 amide bonds. The molecule has 2 aromatic heterocycles. The molecule has 140 valence electrons. The quantitative estimate of drug-likeness (QED) is 0.779. The fraction of sp³-hybridized carbons (Fsp3) is 0.611. The van der Waals surface area contributed by atoms with Crippen molar-refractivity contribution >= 4 is 33.5 Å². The molecule has 8 heteroatoms. The van der Waals surface area contributed by atoms with E-state index in [1.54, 1.807) is 15.6 Å². The second-order valence-corrected chi connectivity index (χ2v) is 8.57. The van der Waals surface area contributed by atoms with Gasteiger partial charge in [0.1, 0.15) is 10.4 Å². The Morgan fingerprint density at radius 3 is 2.81 bits per heavy atom. The smallest absolute Gasteiger partial charge is 0.407 e. The molecule has 1 atom stereocenters. The van der Waals surface area contributed by atoms with Crippen LogP contribution in [-0.2, 0) is 0 Å². The summed E-state index contributed by atoms with van der Waals surface area (Å²) in [5.41, 5.74) is 0.403. The zero-order chi connectivity index (χ0) is 18.4. The Bertz CT molecular complexity index is 832. The molecule has 0 bridgehead atoms. The summed E-state index contributed by atoms with van der Waals surface area (Å²) in [5, 5.41) is 17.8. The number of halogens is 1. The number of carbonyl (C=O) groups is 1. The molecule has 1 saturated heterocycles. The van der Waals surface area contributed by atoms with Crippen molar-refractivity contribution in [3.05, 3.63) is 22.9 Å². The van der Waals surface area contributed by atoms with E-state index in [-0.39, 0.29) is 11.0 Å². The minimum absolute atomic E-state index is 0.00851. The van der Waals surface area contributed by atoms with Crippen LogP contribution in [0.4, 0.5) is 10.6 Å². The van der Waals surface area contributed by atoms with Crippen molar-refractivity contribution in [2.75, 3.05) is 18.4 Å². The lowest BCUT2D eigenvalue weighted by molar-refractivity contribution is 0.0229. The van der Waals surface area contributed by atoms with E-state index in [0.717, 1.165) is 41.8 Å². The van der Waals surface area contributed by atoms with E-state index >= 15 is 0 Å². The summed E-state index contributed by atoms with van der Waals surface area (Å²) in [5.74, 6) is 0.731. The van der Waals surface area contributed by atoms with Gasteiger partial charge in [-0.25, -0.2) is 14.3 Å². The number of hydrogen-bond acceptors (Lipinski definition) is 4. The van der Waals surface area contributed by atoms with Crippen molar-refractivity contribution < 1.29 is 9.90 Å². The van der Waals surface area contributed by atoms with Gasteiger partial charge in [0, 0.05) is 13.1 Å². The Balaban J connectivity index is 1.64. The van der Waals surface area contributed by atoms with Crippen molar-refractivity contribution in [2.24, 2.45) is 5.41 Å². The summed E-state index contributed by atoms with van der Waals surface area (Å²) in [6.07, 6.45) is 7.25. The number of imidazole rings is 1. The van der Waals surface area contributed by atoms with E-state index in [1.807, 2.05) is 12.1 Å². The molecule has 1 aliphatic carbocycles. The van der Waals surface area contributed by atoms with Gasteiger partial charge < -0.3 is 15.3 Å². The molecule has 3 heterocycles. The highest BCUT2D eigenvalue weighted by Gasteiger charge is 2.56. The number of rotatable bonds is 4. The number of likely N-dealkylation sites (tertiary alicyclic amines) is 1. The van der Waals surface area contributed by atoms with Gasteiger partial charge in [-0.15, -0.1) is 5.10 Å². The first-order valence-electron chi connectivity index (χ1n) is 9.20. The van der Waals surface area contributed by atoms with E-state index in [1.165, 1.54) is 12.8 Å². The third kappa shape index (κ3) is 2.66. The number of hydrogen-bond donors (Lipinski definition) is 2. The molecule has 0 spiro atoms. The summed E-state index contributed by atoms with van der Waals surface area (Å²) in [4.78, 5) is 17.9. The summed E-state index contributed by atoms with van der Waals surface area (Å²) >= 11 is 3.44. The highest BCUT2D eigenvalue weighted by molar-refractivity contribution is 9.10. The SMILES string of the molecule is CC1(C2(CNc3ccc4ncc(Br)n4n3)CCCN2C(=O)O)CCCC1. The van der Waals surface area contributed by atoms with Crippen LogP contribution in [0.25, 0.3) is 5.65 Å². The molecule has 1 saturated carbocycles. The number of nitrogens with one attached hydrogen (secondary N) is 1. The molecule has 26 heavy (non-hydrogen) atoms. The van der Waals surface area contributed by atoms with Crippen molar-refractivity contribution in [3.8, 4) is 0 Å². The van der Waals surface area contributed by atoms with Crippen LogP contribution in [0.2, 0.25) is 0 Å².